The number of nitrogens with one attached hydrogen (secondary N) is 1. The first kappa shape index (κ1) is 13.0. The fraction of sp³-hybridized carbons (Fsp3) is 0.833. The van der Waals surface area contributed by atoms with Crippen LogP contribution in [0.2, 0.25) is 0 Å². The quantitative estimate of drug-likeness (QED) is 0.623. The minimum absolute atomic E-state index is 0.0778. The van der Waals surface area contributed by atoms with Crippen molar-refractivity contribution in [1.82, 2.24) is 5.32 Å². The smallest absolute Gasteiger partial charge is 0.303 e. The van der Waals surface area contributed by atoms with E-state index >= 15 is 0 Å². The van der Waals surface area contributed by atoms with Crippen LogP contribution in [0.3, 0.4) is 0 Å². The van der Waals surface area contributed by atoms with E-state index in [0.29, 0.717) is 31.2 Å². The fourth-order valence-electron chi connectivity index (χ4n) is 1.95. The van der Waals surface area contributed by atoms with E-state index in [0.717, 1.165) is 6.42 Å². The number of amides is 1. The van der Waals surface area contributed by atoms with E-state index in [1.807, 2.05) is 0 Å². The fourth-order valence-corrected chi connectivity index (χ4v) is 1.95. The molecule has 1 aliphatic carbocycles. The van der Waals surface area contributed by atoms with E-state index in [1.165, 1.54) is 12.8 Å². The molecule has 1 aliphatic rings. The van der Waals surface area contributed by atoms with Crippen LogP contribution in [0.25, 0.3) is 0 Å². The summed E-state index contributed by atoms with van der Waals surface area (Å²) in [6, 6.07) is 0.395. The Labute approximate surface area is 96.4 Å². The number of rotatable bonds is 8. The first-order valence-corrected chi connectivity index (χ1v) is 6.14. The van der Waals surface area contributed by atoms with Crippen LogP contribution in [0.5, 0.6) is 0 Å². The van der Waals surface area contributed by atoms with Crippen molar-refractivity contribution in [2.75, 3.05) is 0 Å². The summed E-state index contributed by atoms with van der Waals surface area (Å²) in [5, 5.41) is 11.4. The Hall–Kier alpha value is -1.06. The molecule has 0 aromatic rings. The molecule has 2 N–H and O–H groups in total. The highest BCUT2D eigenvalue weighted by Crippen LogP contribution is 2.34. The largest absolute Gasteiger partial charge is 0.481 e. The summed E-state index contributed by atoms with van der Waals surface area (Å²) in [6.45, 7) is 2.16. The summed E-state index contributed by atoms with van der Waals surface area (Å²) in [7, 11) is 0. The van der Waals surface area contributed by atoms with Gasteiger partial charge in [-0.05, 0) is 31.6 Å². The number of carbonyl (C=O) groups is 2. The van der Waals surface area contributed by atoms with E-state index in [2.05, 4.69) is 12.2 Å². The van der Waals surface area contributed by atoms with Gasteiger partial charge in [-0.3, -0.25) is 9.59 Å². The second-order valence-corrected chi connectivity index (χ2v) is 4.56. The number of hydrogen-bond acceptors (Lipinski definition) is 2. The zero-order valence-electron chi connectivity index (χ0n) is 9.87. The van der Waals surface area contributed by atoms with E-state index < -0.39 is 5.97 Å². The lowest BCUT2D eigenvalue weighted by molar-refractivity contribution is -0.137. The van der Waals surface area contributed by atoms with Crippen LogP contribution >= 0.6 is 0 Å². The number of carboxylic acid groups (broad SMARTS) is 1. The maximum absolute atomic E-state index is 11.4. The average molecular weight is 227 g/mol. The molecule has 2 unspecified atom stereocenters. The van der Waals surface area contributed by atoms with Gasteiger partial charge in [0, 0.05) is 18.9 Å². The third-order valence-corrected chi connectivity index (χ3v) is 2.97. The number of carbonyl (C=O) groups excluding carboxylic acids is 1. The highest BCUT2D eigenvalue weighted by Gasteiger charge is 2.36. The zero-order chi connectivity index (χ0) is 12.0. The summed E-state index contributed by atoms with van der Waals surface area (Å²) in [5.41, 5.74) is 0. The Bertz CT molecular complexity index is 253. The highest BCUT2D eigenvalue weighted by molar-refractivity contribution is 5.76. The average Bonchev–Trinajstić information content (AvgIpc) is 2.91. The summed E-state index contributed by atoms with van der Waals surface area (Å²) < 4.78 is 0. The van der Waals surface area contributed by atoms with E-state index in [1.54, 1.807) is 0 Å². The Balaban J connectivity index is 1.98. The van der Waals surface area contributed by atoms with Crippen molar-refractivity contribution in [2.45, 2.75) is 57.9 Å². The molecule has 0 aromatic heterocycles. The van der Waals surface area contributed by atoms with Crippen LogP contribution in [-0.2, 0) is 9.59 Å². The molecule has 1 rings (SSSR count). The van der Waals surface area contributed by atoms with Gasteiger partial charge >= 0.3 is 5.97 Å². The van der Waals surface area contributed by atoms with Gasteiger partial charge < -0.3 is 10.4 Å². The number of hydrogen-bond donors (Lipinski definition) is 2. The van der Waals surface area contributed by atoms with Crippen molar-refractivity contribution in [1.29, 1.82) is 0 Å². The molecule has 4 nitrogen and oxygen atoms in total. The van der Waals surface area contributed by atoms with Gasteiger partial charge in [-0.25, -0.2) is 0 Å². The molecule has 1 saturated carbocycles. The summed E-state index contributed by atoms with van der Waals surface area (Å²) >= 11 is 0. The van der Waals surface area contributed by atoms with Crippen LogP contribution in [0, 0.1) is 5.92 Å². The highest BCUT2D eigenvalue weighted by atomic mass is 16.4. The molecule has 0 spiro atoms. The molecule has 1 fully saturated rings. The summed E-state index contributed by atoms with van der Waals surface area (Å²) in [4.78, 5) is 21.7. The van der Waals surface area contributed by atoms with E-state index in [-0.39, 0.29) is 12.3 Å². The maximum atomic E-state index is 11.4. The Morgan fingerprint density at radius 3 is 2.62 bits per heavy atom. The van der Waals surface area contributed by atoms with Gasteiger partial charge in [-0.2, -0.15) is 0 Å². The van der Waals surface area contributed by atoms with Gasteiger partial charge in [0.25, 0.3) is 0 Å². The predicted octanol–water partition coefficient (Wildman–Crippen LogP) is 1.94. The Kier molecular flexibility index (Phi) is 5.29. The monoisotopic (exact) mass is 227 g/mol. The number of carboxylic acids is 1. The van der Waals surface area contributed by atoms with Gasteiger partial charge in [0.1, 0.15) is 0 Å². The van der Waals surface area contributed by atoms with Crippen molar-refractivity contribution in [3.05, 3.63) is 0 Å². The predicted molar refractivity (Wildman–Crippen MR) is 61.0 cm³/mol. The van der Waals surface area contributed by atoms with Gasteiger partial charge in [0.2, 0.25) is 5.91 Å². The normalized spacial score (nSPS) is 22.8. The molecule has 1 amide bonds. The van der Waals surface area contributed by atoms with Crippen LogP contribution in [0.15, 0.2) is 0 Å². The van der Waals surface area contributed by atoms with Crippen LogP contribution in [-0.4, -0.2) is 23.0 Å². The minimum Gasteiger partial charge on any atom is -0.481 e. The minimum atomic E-state index is -0.786. The van der Waals surface area contributed by atoms with Crippen molar-refractivity contribution >= 4 is 11.9 Å². The molecule has 0 heterocycles. The third kappa shape index (κ3) is 5.14. The molecular weight excluding hydrogens is 206 g/mol. The molecule has 92 valence electrons. The summed E-state index contributed by atoms with van der Waals surface area (Å²) in [5.74, 6) is -0.0208. The number of unbranched alkanes of at least 4 members (excludes halogenated alkanes) is 1. The lowest BCUT2D eigenvalue weighted by atomic mass is 10.2. The topological polar surface area (TPSA) is 66.4 Å². The molecule has 0 saturated heterocycles. The van der Waals surface area contributed by atoms with Crippen LogP contribution < -0.4 is 5.32 Å². The molecule has 0 radical (unpaired) electrons. The van der Waals surface area contributed by atoms with Crippen molar-refractivity contribution in [3.63, 3.8) is 0 Å². The van der Waals surface area contributed by atoms with E-state index in [9.17, 15) is 9.59 Å². The first-order chi connectivity index (χ1) is 7.63. The van der Waals surface area contributed by atoms with Gasteiger partial charge in [0.05, 0.1) is 0 Å². The molecule has 16 heavy (non-hydrogen) atoms. The lowest BCUT2D eigenvalue weighted by Gasteiger charge is -2.03. The second kappa shape index (κ2) is 6.51. The van der Waals surface area contributed by atoms with Crippen LogP contribution in [0.4, 0.5) is 0 Å². The summed E-state index contributed by atoms with van der Waals surface area (Å²) in [6.07, 6.45) is 5.38. The molecular formula is C12H21NO3. The van der Waals surface area contributed by atoms with Crippen molar-refractivity contribution in [3.8, 4) is 0 Å². The Morgan fingerprint density at radius 1 is 1.31 bits per heavy atom. The van der Waals surface area contributed by atoms with Gasteiger partial charge in [-0.1, -0.05) is 13.3 Å². The standard InChI is InChI=1S/C12H21NO3/c1-2-5-9-8-10(9)13-11(14)6-3-4-7-12(15)16/h9-10H,2-8H2,1H3,(H,13,14)(H,15,16). The molecule has 4 heteroatoms. The van der Waals surface area contributed by atoms with Crippen molar-refractivity contribution in [2.24, 2.45) is 5.92 Å². The zero-order valence-corrected chi connectivity index (χ0v) is 9.87. The van der Waals surface area contributed by atoms with Gasteiger partial charge in [0.15, 0.2) is 0 Å². The third-order valence-electron chi connectivity index (χ3n) is 2.97. The number of aliphatic carboxylic acids is 1. The molecule has 0 bridgehead atoms. The molecule has 0 aliphatic heterocycles. The second-order valence-electron chi connectivity index (χ2n) is 4.56. The van der Waals surface area contributed by atoms with E-state index in [4.69, 9.17) is 5.11 Å². The molecule has 2 atom stereocenters. The molecule has 0 aromatic carbocycles. The van der Waals surface area contributed by atoms with Crippen LogP contribution in [0.1, 0.15) is 51.9 Å². The Morgan fingerprint density at radius 2 is 2.00 bits per heavy atom. The van der Waals surface area contributed by atoms with Crippen molar-refractivity contribution < 1.29 is 14.7 Å². The maximum Gasteiger partial charge on any atom is 0.303 e. The van der Waals surface area contributed by atoms with Gasteiger partial charge in [-0.15, -0.1) is 0 Å². The first-order valence-electron chi connectivity index (χ1n) is 6.14. The SMILES string of the molecule is CCCC1CC1NC(=O)CCCCC(=O)O. The lowest BCUT2D eigenvalue weighted by Crippen LogP contribution is -2.26.